The van der Waals surface area contributed by atoms with Crippen molar-refractivity contribution in [1.82, 2.24) is 9.78 Å². The van der Waals surface area contributed by atoms with Crippen LogP contribution in [0.1, 0.15) is 17.9 Å². The fraction of sp³-hybridized carbons (Fsp3) is 0.412. The van der Waals surface area contributed by atoms with Crippen molar-refractivity contribution in [1.29, 1.82) is 0 Å². The third kappa shape index (κ3) is 4.07. The van der Waals surface area contributed by atoms with Gasteiger partial charge in [-0.15, -0.1) is 5.10 Å². The number of halogens is 2. The van der Waals surface area contributed by atoms with Gasteiger partial charge in [0.15, 0.2) is 0 Å². The summed E-state index contributed by atoms with van der Waals surface area (Å²) in [4.78, 5) is 12.8. The van der Waals surface area contributed by atoms with Gasteiger partial charge in [0.2, 0.25) is 0 Å². The van der Waals surface area contributed by atoms with Crippen LogP contribution in [-0.4, -0.2) is 43.9 Å². The third-order valence-corrected chi connectivity index (χ3v) is 3.95. The van der Waals surface area contributed by atoms with E-state index in [-0.39, 0.29) is 24.3 Å². The molecule has 0 aliphatic rings. The Labute approximate surface area is 144 Å². The summed E-state index contributed by atoms with van der Waals surface area (Å²) < 4.78 is 40.4. The molecule has 0 N–H and O–H groups in total. The summed E-state index contributed by atoms with van der Waals surface area (Å²) in [6, 6.07) is 2.22. The van der Waals surface area contributed by atoms with Crippen LogP contribution in [0.15, 0.2) is 18.3 Å². The van der Waals surface area contributed by atoms with Crippen LogP contribution in [0.5, 0.6) is 11.6 Å². The van der Waals surface area contributed by atoms with Gasteiger partial charge in [-0.25, -0.2) is 8.78 Å². The van der Waals surface area contributed by atoms with Crippen LogP contribution < -0.4 is 14.4 Å². The van der Waals surface area contributed by atoms with E-state index in [0.29, 0.717) is 17.9 Å². The summed E-state index contributed by atoms with van der Waals surface area (Å²) in [6.45, 7) is 0.209. The van der Waals surface area contributed by atoms with Crippen LogP contribution in [0.2, 0.25) is 0 Å². The van der Waals surface area contributed by atoms with Crippen molar-refractivity contribution in [2.45, 2.75) is 12.3 Å². The predicted octanol–water partition coefficient (Wildman–Crippen LogP) is 2.52. The van der Waals surface area contributed by atoms with Crippen LogP contribution in [0.4, 0.5) is 14.5 Å². The lowest BCUT2D eigenvalue weighted by molar-refractivity contribution is -0.108. The van der Waals surface area contributed by atoms with E-state index in [1.54, 1.807) is 29.9 Å². The Kier molecular flexibility index (Phi) is 5.95. The number of hydrogen-bond donors (Lipinski definition) is 0. The number of carbonyl (C=O) groups excluding carboxylic acids is 1. The number of likely N-dealkylation sites (N-methyl/N-ethyl adjacent to an activating group) is 1. The summed E-state index contributed by atoms with van der Waals surface area (Å²) in [5, 5.41) is 4.15. The van der Waals surface area contributed by atoms with Crippen molar-refractivity contribution in [2.75, 3.05) is 32.7 Å². The Morgan fingerprint density at radius 3 is 2.44 bits per heavy atom. The average molecular weight is 353 g/mol. The molecule has 1 unspecified atom stereocenters. The number of anilines is 1. The van der Waals surface area contributed by atoms with Gasteiger partial charge in [-0.1, -0.05) is 0 Å². The molecule has 0 spiro atoms. The molecule has 0 bridgehead atoms. The van der Waals surface area contributed by atoms with Crippen LogP contribution >= 0.6 is 0 Å². The van der Waals surface area contributed by atoms with E-state index >= 15 is 0 Å². The summed E-state index contributed by atoms with van der Waals surface area (Å²) in [5.41, 5.74) is 0.526. The molecule has 0 aliphatic carbocycles. The van der Waals surface area contributed by atoms with Gasteiger partial charge in [-0.05, 0) is 0 Å². The first kappa shape index (κ1) is 18.7. The smallest absolute Gasteiger partial charge is 0.256 e. The number of methoxy groups -OCH3 is 2. The molecule has 8 heteroatoms. The molecule has 1 heterocycles. The highest BCUT2D eigenvalue weighted by molar-refractivity contribution is 5.56. The maximum atomic E-state index is 14.4. The van der Waals surface area contributed by atoms with Gasteiger partial charge in [0.05, 0.1) is 20.4 Å². The fourth-order valence-corrected chi connectivity index (χ4v) is 2.76. The molecular weight excluding hydrogens is 332 g/mol. The van der Waals surface area contributed by atoms with Crippen LogP contribution in [0.3, 0.4) is 0 Å². The molecule has 1 aromatic heterocycles. The molecule has 6 nitrogen and oxygen atoms in total. The van der Waals surface area contributed by atoms with E-state index in [9.17, 15) is 13.6 Å². The van der Waals surface area contributed by atoms with Crippen molar-refractivity contribution in [3.63, 3.8) is 0 Å². The molecule has 2 aromatic rings. The van der Waals surface area contributed by atoms with Crippen LogP contribution in [-0.2, 0) is 11.8 Å². The van der Waals surface area contributed by atoms with Crippen molar-refractivity contribution in [3.05, 3.63) is 35.5 Å². The SMILES string of the molecule is COc1cc(F)c(C(CC=O)CN(C)c2cn(C)nc2OC)c(F)c1. The second-order valence-electron chi connectivity index (χ2n) is 5.68. The first-order valence-corrected chi connectivity index (χ1v) is 7.66. The molecular formula is C17H21F2N3O3. The Morgan fingerprint density at radius 1 is 1.28 bits per heavy atom. The number of aldehydes is 1. The number of hydrogen-bond acceptors (Lipinski definition) is 5. The minimum atomic E-state index is -0.741. The van der Waals surface area contributed by atoms with E-state index in [0.717, 1.165) is 12.1 Å². The van der Waals surface area contributed by atoms with Crippen LogP contribution in [0, 0.1) is 11.6 Å². The molecule has 1 aromatic carbocycles. The molecule has 0 saturated heterocycles. The Balaban J connectivity index is 2.34. The quantitative estimate of drug-likeness (QED) is 0.683. The van der Waals surface area contributed by atoms with Crippen molar-refractivity contribution < 1.29 is 23.0 Å². The molecule has 2 rings (SSSR count). The van der Waals surface area contributed by atoms with Crippen molar-refractivity contribution >= 4 is 12.0 Å². The average Bonchev–Trinajstić information content (AvgIpc) is 2.95. The summed E-state index contributed by atoms with van der Waals surface area (Å²) in [5.74, 6) is -1.67. The minimum absolute atomic E-state index is 0.0207. The molecule has 0 saturated carbocycles. The summed E-state index contributed by atoms with van der Waals surface area (Å²) in [7, 11) is 6.31. The van der Waals surface area contributed by atoms with Gasteiger partial charge in [-0.2, -0.15) is 0 Å². The van der Waals surface area contributed by atoms with Crippen molar-refractivity contribution in [3.8, 4) is 11.6 Å². The minimum Gasteiger partial charge on any atom is -0.497 e. The number of ether oxygens (including phenoxy) is 2. The Bertz CT molecular complexity index is 726. The largest absolute Gasteiger partial charge is 0.497 e. The maximum absolute atomic E-state index is 14.4. The second-order valence-corrected chi connectivity index (χ2v) is 5.68. The zero-order valence-electron chi connectivity index (χ0n) is 14.6. The predicted molar refractivity (Wildman–Crippen MR) is 89.4 cm³/mol. The topological polar surface area (TPSA) is 56.6 Å². The maximum Gasteiger partial charge on any atom is 0.256 e. The number of rotatable bonds is 8. The van der Waals surface area contributed by atoms with E-state index in [4.69, 9.17) is 9.47 Å². The fourth-order valence-electron chi connectivity index (χ4n) is 2.76. The highest BCUT2D eigenvalue weighted by atomic mass is 19.1. The number of nitrogens with zero attached hydrogens (tertiary/aromatic N) is 3. The molecule has 0 radical (unpaired) electrons. The van der Waals surface area contributed by atoms with Gasteiger partial charge < -0.3 is 19.2 Å². The van der Waals surface area contributed by atoms with Crippen molar-refractivity contribution in [2.24, 2.45) is 7.05 Å². The molecule has 0 fully saturated rings. The first-order chi connectivity index (χ1) is 11.9. The Hall–Kier alpha value is -2.64. The van der Waals surface area contributed by atoms with Gasteiger partial charge >= 0.3 is 0 Å². The van der Waals surface area contributed by atoms with Gasteiger partial charge in [0, 0.05) is 50.7 Å². The van der Waals surface area contributed by atoms with Gasteiger partial charge in [0.1, 0.15) is 29.4 Å². The Morgan fingerprint density at radius 2 is 1.92 bits per heavy atom. The summed E-state index contributed by atoms with van der Waals surface area (Å²) >= 11 is 0. The van der Waals surface area contributed by atoms with E-state index in [1.165, 1.54) is 14.2 Å². The van der Waals surface area contributed by atoms with E-state index in [2.05, 4.69) is 5.10 Å². The third-order valence-electron chi connectivity index (χ3n) is 3.95. The monoisotopic (exact) mass is 353 g/mol. The number of carbonyl (C=O) groups is 1. The first-order valence-electron chi connectivity index (χ1n) is 7.66. The molecule has 25 heavy (non-hydrogen) atoms. The molecule has 1 atom stereocenters. The van der Waals surface area contributed by atoms with E-state index in [1.807, 2.05) is 0 Å². The second kappa shape index (κ2) is 7.96. The zero-order valence-corrected chi connectivity index (χ0v) is 14.6. The van der Waals surface area contributed by atoms with E-state index < -0.39 is 17.6 Å². The van der Waals surface area contributed by atoms with Crippen LogP contribution in [0.25, 0.3) is 0 Å². The normalized spacial score (nSPS) is 11.9. The lowest BCUT2D eigenvalue weighted by Gasteiger charge is -2.25. The molecule has 0 aliphatic heterocycles. The lowest BCUT2D eigenvalue weighted by Crippen LogP contribution is -2.26. The molecule has 0 amide bonds. The standard InChI is InChI=1S/C17H21F2N3O3/c1-21(15-10-22(2)20-17(15)25-4)9-11(5-6-23)16-13(18)7-12(24-3)8-14(16)19/h6-8,10-11H,5,9H2,1-4H3. The summed E-state index contributed by atoms with van der Waals surface area (Å²) in [6.07, 6.45) is 2.37. The number of aromatic nitrogens is 2. The highest BCUT2D eigenvalue weighted by Crippen LogP contribution is 2.32. The molecule has 136 valence electrons. The number of benzene rings is 1. The zero-order chi connectivity index (χ0) is 18.6. The number of aryl methyl sites for hydroxylation is 1. The van der Waals surface area contributed by atoms with Gasteiger partial charge in [-0.3, -0.25) is 4.68 Å². The highest BCUT2D eigenvalue weighted by Gasteiger charge is 2.24. The lowest BCUT2D eigenvalue weighted by atomic mass is 9.94. The van der Waals surface area contributed by atoms with Gasteiger partial charge in [0.25, 0.3) is 5.88 Å².